The van der Waals surface area contributed by atoms with Gasteiger partial charge in [-0.2, -0.15) is 0 Å². The third-order valence-electron chi connectivity index (χ3n) is 5.12. The van der Waals surface area contributed by atoms with E-state index < -0.39 is 0 Å². The standard InChI is InChI=1S/C21H31N/c1-7-8-13-22-21(5,6)20-12-10-9-11-18(20)19-14-15(2)16(3)17(19)4/h9-12,22H,7-8,13-14H2,1-6H3. The molecule has 0 heterocycles. The first-order valence-electron chi connectivity index (χ1n) is 8.60. The van der Waals surface area contributed by atoms with Crippen LogP contribution in [0.5, 0.6) is 0 Å². The number of rotatable bonds is 6. The normalized spacial score (nSPS) is 15.9. The topological polar surface area (TPSA) is 12.0 Å². The molecule has 0 fully saturated rings. The van der Waals surface area contributed by atoms with Crippen molar-refractivity contribution in [1.82, 2.24) is 5.32 Å². The van der Waals surface area contributed by atoms with Crippen LogP contribution >= 0.6 is 0 Å². The van der Waals surface area contributed by atoms with E-state index in [9.17, 15) is 0 Å². The lowest BCUT2D eigenvalue weighted by Crippen LogP contribution is -2.37. The van der Waals surface area contributed by atoms with Gasteiger partial charge in [-0.3, -0.25) is 0 Å². The summed E-state index contributed by atoms with van der Waals surface area (Å²) in [5.74, 6) is 0. The van der Waals surface area contributed by atoms with Crippen LogP contribution in [0.1, 0.15) is 71.9 Å². The van der Waals surface area contributed by atoms with Gasteiger partial charge in [0.1, 0.15) is 0 Å². The molecule has 0 radical (unpaired) electrons. The Labute approximate surface area is 136 Å². The number of benzene rings is 1. The highest BCUT2D eigenvalue weighted by atomic mass is 14.9. The largest absolute Gasteiger partial charge is 0.308 e. The van der Waals surface area contributed by atoms with Crippen molar-refractivity contribution in [3.8, 4) is 0 Å². The van der Waals surface area contributed by atoms with Crippen LogP contribution in [0.2, 0.25) is 0 Å². The molecule has 120 valence electrons. The zero-order chi connectivity index (χ0) is 16.3. The Bertz CT molecular complexity index is 602. The Morgan fingerprint density at radius 1 is 1.05 bits per heavy atom. The molecule has 2 rings (SSSR count). The molecular formula is C21H31N. The van der Waals surface area contributed by atoms with Crippen molar-refractivity contribution < 1.29 is 0 Å². The molecule has 1 N–H and O–H groups in total. The highest BCUT2D eigenvalue weighted by Gasteiger charge is 2.26. The fraction of sp³-hybridized carbons (Fsp3) is 0.524. The van der Waals surface area contributed by atoms with Gasteiger partial charge in [0.15, 0.2) is 0 Å². The molecule has 0 aliphatic heterocycles. The summed E-state index contributed by atoms with van der Waals surface area (Å²) in [4.78, 5) is 0. The predicted molar refractivity (Wildman–Crippen MR) is 98.0 cm³/mol. The maximum Gasteiger partial charge on any atom is 0.0383 e. The van der Waals surface area contributed by atoms with Gasteiger partial charge in [-0.1, -0.05) is 43.2 Å². The molecule has 0 unspecified atom stereocenters. The van der Waals surface area contributed by atoms with E-state index in [0.717, 1.165) is 13.0 Å². The van der Waals surface area contributed by atoms with E-state index in [1.165, 1.54) is 46.3 Å². The highest BCUT2D eigenvalue weighted by Crippen LogP contribution is 2.40. The first-order valence-corrected chi connectivity index (χ1v) is 8.60. The SMILES string of the molecule is CCCCNC(C)(C)c1ccccc1C1=C(C)C(C)=C(C)C1. The summed E-state index contributed by atoms with van der Waals surface area (Å²) < 4.78 is 0. The Morgan fingerprint density at radius 2 is 1.73 bits per heavy atom. The van der Waals surface area contributed by atoms with Crippen LogP contribution in [0.25, 0.3) is 5.57 Å². The molecule has 1 heteroatoms. The second kappa shape index (κ2) is 6.83. The molecule has 0 saturated carbocycles. The van der Waals surface area contributed by atoms with E-state index in [4.69, 9.17) is 0 Å². The van der Waals surface area contributed by atoms with E-state index in [0.29, 0.717) is 0 Å². The van der Waals surface area contributed by atoms with Crippen molar-refractivity contribution in [2.24, 2.45) is 0 Å². The summed E-state index contributed by atoms with van der Waals surface area (Å²) in [7, 11) is 0. The molecule has 22 heavy (non-hydrogen) atoms. The molecule has 0 bridgehead atoms. The lowest BCUT2D eigenvalue weighted by atomic mass is 9.85. The molecule has 1 aromatic carbocycles. The van der Waals surface area contributed by atoms with Gasteiger partial charge in [-0.25, -0.2) is 0 Å². The van der Waals surface area contributed by atoms with Crippen LogP contribution in [0.3, 0.4) is 0 Å². The molecule has 1 aliphatic rings. The monoisotopic (exact) mass is 297 g/mol. The number of unbranched alkanes of at least 4 members (excludes halogenated alkanes) is 1. The minimum atomic E-state index is 0.00342. The first-order chi connectivity index (χ1) is 10.4. The maximum absolute atomic E-state index is 3.74. The van der Waals surface area contributed by atoms with Gasteiger partial charge in [0.2, 0.25) is 0 Å². The number of hydrogen-bond donors (Lipinski definition) is 1. The zero-order valence-corrected chi connectivity index (χ0v) is 15.1. The molecule has 0 saturated heterocycles. The molecule has 1 aliphatic carbocycles. The fourth-order valence-corrected chi connectivity index (χ4v) is 3.34. The van der Waals surface area contributed by atoms with E-state index in [2.05, 4.69) is 71.1 Å². The Balaban J connectivity index is 2.36. The molecule has 0 atom stereocenters. The van der Waals surface area contributed by atoms with Gasteiger partial charge in [0, 0.05) is 5.54 Å². The van der Waals surface area contributed by atoms with Crippen molar-refractivity contribution in [2.45, 2.75) is 66.3 Å². The summed E-state index contributed by atoms with van der Waals surface area (Å²) in [6.07, 6.45) is 3.56. The summed E-state index contributed by atoms with van der Waals surface area (Å²) in [6.45, 7) is 14.7. The number of hydrogen-bond acceptors (Lipinski definition) is 1. The van der Waals surface area contributed by atoms with Crippen LogP contribution in [0, 0.1) is 0 Å². The van der Waals surface area contributed by atoms with Gasteiger partial charge >= 0.3 is 0 Å². The van der Waals surface area contributed by atoms with Crippen LogP contribution in [0.4, 0.5) is 0 Å². The van der Waals surface area contributed by atoms with Crippen molar-refractivity contribution >= 4 is 5.57 Å². The lowest BCUT2D eigenvalue weighted by molar-refractivity contribution is 0.398. The molecular weight excluding hydrogens is 266 g/mol. The predicted octanol–water partition coefficient (Wildman–Crippen LogP) is 5.83. The second-order valence-electron chi connectivity index (χ2n) is 7.14. The van der Waals surface area contributed by atoms with Gasteiger partial charge < -0.3 is 5.32 Å². The summed E-state index contributed by atoms with van der Waals surface area (Å²) in [5.41, 5.74) is 8.81. The van der Waals surface area contributed by atoms with Crippen LogP contribution in [-0.4, -0.2) is 6.54 Å². The first kappa shape index (κ1) is 17.0. The Hall–Kier alpha value is -1.34. The van der Waals surface area contributed by atoms with Gasteiger partial charge in [0.05, 0.1) is 0 Å². The maximum atomic E-state index is 3.74. The molecule has 0 spiro atoms. The van der Waals surface area contributed by atoms with Crippen LogP contribution in [0.15, 0.2) is 41.0 Å². The van der Waals surface area contributed by atoms with Gasteiger partial charge in [-0.05, 0) is 81.9 Å². The zero-order valence-electron chi connectivity index (χ0n) is 15.1. The summed E-state index contributed by atoms with van der Waals surface area (Å²) >= 11 is 0. The van der Waals surface area contributed by atoms with Crippen LogP contribution in [-0.2, 0) is 5.54 Å². The lowest BCUT2D eigenvalue weighted by Gasteiger charge is -2.30. The molecule has 1 nitrogen and oxygen atoms in total. The average molecular weight is 297 g/mol. The van der Waals surface area contributed by atoms with Crippen molar-refractivity contribution in [2.75, 3.05) is 6.54 Å². The highest BCUT2D eigenvalue weighted by molar-refractivity contribution is 5.79. The van der Waals surface area contributed by atoms with E-state index in [1.54, 1.807) is 0 Å². The Kier molecular flexibility index (Phi) is 5.28. The molecule has 0 amide bonds. The number of nitrogens with one attached hydrogen (secondary N) is 1. The van der Waals surface area contributed by atoms with E-state index in [1.807, 2.05) is 0 Å². The molecule has 0 aromatic heterocycles. The summed E-state index contributed by atoms with van der Waals surface area (Å²) in [6, 6.07) is 8.92. The van der Waals surface area contributed by atoms with Gasteiger partial charge in [0.25, 0.3) is 0 Å². The average Bonchev–Trinajstić information content (AvgIpc) is 2.75. The van der Waals surface area contributed by atoms with Crippen LogP contribution < -0.4 is 5.32 Å². The van der Waals surface area contributed by atoms with Crippen molar-refractivity contribution in [3.05, 3.63) is 52.1 Å². The fourth-order valence-electron chi connectivity index (χ4n) is 3.34. The quantitative estimate of drug-likeness (QED) is 0.652. The third-order valence-corrected chi connectivity index (χ3v) is 5.12. The molecule has 1 aromatic rings. The minimum Gasteiger partial charge on any atom is -0.308 e. The van der Waals surface area contributed by atoms with E-state index >= 15 is 0 Å². The Morgan fingerprint density at radius 3 is 2.32 bits per heavy atom. The van der Waals surface area contributed by atoms with E-state index in [-0.39, 0.29) is 5.54 Å². The smallest absolute Gasteiger partial charge is 0.0383 e. The summed E-state index contributed by atoms with van der Waals surface area (Å²) in [5, 5.41) is 3.74. The van der Waals surface area contributed by atoms with Crippen molar-refractivity contribution in [3.63, 3.8) is 0 Å². The number of allylic oxidation sites excluding steroid dienone is 4. The second-order valence-corrected chi connectivity index (χ2v) is 7.14. The van der Waals surface area contributed by atoms with Gasteiger partial charge in [-0.15, -0.1) is 0 Å². The third kappa shape index (κ3) is 3.35. The minimum absolute atomic E-state index is 0.00342. The van der Waals surface area contributed by atoms with Crippen molar-refractivity contribution in [1.29, 1.82) is 0 Å².